The van der Waals surface area contributed by atoms with E-state index < -0.39 is 6.04 Å². The van der Waals surface area contributed by atoms with Gasteiger partial charge in [-0.15, -0.1) is 0 Å². The van der Waals surface area contributed by atoms with Gasteiger partial charge in [0, 0.05) is 55.5 Å². The number of rotatable bonds is 6. The first kappa shape index (κ1) is 30.4. The van der Waals surface area contributed by atoms with E-state index in [4.69, 9.17) is 21.3 Å². The third-order valence-electron chi connectivity index (χ3n) is 9.50. The lowest BCUT2D eigenvalue weighted by molar-refractivity contribution is -0.124. The number of hydrogen-bond donors (Lipinski definition) is 1. The fraction of sp³-hybridized carbons (Fsp3) is 0.389. The Morgan fingerprint density at radius 2 is 1.83 bits per heavy atom. The molecule has 3 aliphatic rings. The number of fused-ring (bicyclic) bond motifs is 2. The third-order valence-corrected chi connectivity index (χ3v) is 9.74. The lowest BCUT2D eigenvalue weighted by Gasteiger charge is -2.44. The molecular weight excluding hydrogens is 600 g/mol. The maximum atomic E-state index is 14.4. The Labute approximate surface area is 274 Å². The van der Waals surface area contributed by atoms with Gasteiger partial charge in [0.25, 0.3) is 0 Å². The number of carbonyl (C=O) groups is 2. The van der Waals surface area contributed by atoms with Crippen LogP contribution in [0.3, 0.4) is 0 Å². The van der Waals surface area contributed by atoms with Crippen molar-refractivity contribution in [3.63, 3.8) is 0 Å². The van der Waals surface area contributed by atoms with Crippen molar-refractivity contribution in [1.29, 1.82) is 0 Å². The molecule has 3 heterocycles. The SMILES string of the molecule is O=C(Nc1cccc(Cn2ccnc2)c1)[C@H]1CN(C(=O)OC2CCCCC2)CCN1[C@@H]1c2ccc(Cl)cc2CCc2cccnc21. The first-order valence-electron chi connectivity index (χ1n) is 16.3. The fourth-order valence-corrected chi connectivity index (χ4v) is 7.38. The molecule has 2 fully saturated rings. The molecule has 0 radical (unpaired) electrons. The van der Waals surface area contributed by atoms with Gasteiger partial charge in [-0.05, 0) is 91.1 Å². The second kappa shape index (κ2) is 13.6. The number of carbonyl (C=O) groups excluding carboxylic acids is 2. The molecule has 0 unspecified atom stereocenters. The Balaban J connectivity index is 1.21. The first-order valence-corrected chi connectivity index (χ1v) is 16.7. The minimum absolute atomic E-state index is 0.0562. The third kappa shape index (κ3) is 6.66. The van der Waals surface area contributed by atoms with Crippen LogP contribution in [0.4, 0.5) is 10.5 Å². The van der Waals surface area contributed by atoms with Gasteiger partial charge in [0.15, 0.2) is 0 Å². The van der Waals surface area contributed by atoms with Crippen LogP contribution in [0.25, 0.3) is 0 Å². The first-order chi connectivity index (χ1) is 22.5. The number of nitrogens with one attached hydrogen (secondary N) is 1. The van der Waals surface area contributed by atoms with Crippen molar-refractivity contribution in [2.45, 2.75) is 69.7 Å². The molecule has 2 aromatic carbocycles. The van der Waals surface area contributed by atoms with Gasteiger partial charge in [0.1, 0.15) is 12.1 Å². The number of halogens is 1. The van der Waals surface area contributed by atoms with Crippen molar-refractivity contribution < 1.29 is 14.3 Å². The Morgan fingerprint density at radius 3 is 2.67 bits per heavy atom. The zero-order valence-electron chi connectivity index (χ0n) is 25.9. The summed E-state index contributed by atoms with van der Waals surface area (Å²) in [6, 6.07) is 17.1. The normalized spacial score (nSPS) is 20.3. The maximum Gasteiger partial charge on any atom is 0.410 e. The zero-order valence-corrected chi connectivity index (χ0v) is 26.6. The molecule has 2 aromatic heterocycles. The maximum absolute atomic E-state index is 14.4. The van der Waals surface area contributed by atoms with Gasteiger partial charge in [0.05, 0.1) is 18.1 Å². The monoisotopic (exact) mass is 638 g/mol. The van der Waals surface area contributed by atoms with Gasteiger partial charge < -0.3 is 19.5 Å². The molecule has 238 valence electrons. The van der Waals surface area contributed by atoms with Gasteiger partial charge in [-0.25, -0.2) is 9.78 Å². The quantitative estimate of drug-likeness (QED) is 0.268. The molecule has 46 heavy (non-hydrogen) atoms. The van der Waals surface area contributed by atoms with Crippen LogP contribution in [-0.4, -0.2) is 68.1 Å². The Morgan fingerprint density at radius 1 is 0.957 bits per heavy atom. The van der Waals surface area contributed by atoms with E-state index in [9.17, 15) is 9.59 Å². The second-order valence-electron chi connectivity index (χ2n) is 12.6. The summed E-state index contributed by atoms with van der Waals surface area (Å²) in [5.41, 5.74) is 6.10. The predicted octanol–water partition coefficient (Wildman–Crippen LogP) is 6.26. The van der Waals surface area contributed by atoms with E-state index >= 15 is 0 Å². The number of pyridine rings is 1. The van der Waals surface area contributed by atoms with Crippen LogP contribution in [0.1, 0.15) is 66.1 Å². The smallest absolute Gasteiger partial charge is 0.410 e. The molecule has 0 spiro atoms. The molecule has 2 amide bonds. The number of hydrogen-bond acceptors (Lipinski definition) is 6. The minimum atomic E-state index is -0.647. The van der Waals surface area contributed by atoms with Crippen LogP contribution in [-0.2, 0) is 28.9 Å². The summed E-state index contributed by atoms with van der Waals surface area (Å²) in [4.78, 5) is 40.8. The summed E-state index contributed by atoms with van der Waals surface area (Å²) in [5.74, 6) is -0.174. The van der Waals surface area contributed by atoms with E-state index in [1.807, 2.05) is 59.4 Å². The number of imidazole rings is 1. The molecule has 0 bridgehead atoms. The van der Waals surface area contributed by atoms with Gasteiger partial charge in [-0.1, -0.05) is 42.3 Å². The van der Waals surface area contributed by atoms with E-state index in [0.717, 1.165) is 66.5 Å². The van der Waals surface area contributed by atoms with Crippen LogP contribution in [0.2, 0.25) is 5.02 Å². The van der Waals surface area contributed by atoms with E-state index in [0.29, 0.717) is 30.3 Å². The van der Waals surface area contributed by atoms with Gasteiger partial charge >= 0.3 is 6.09 Å². The number of aryl methyl sites for hydroxylation is 2. The molecule has 2 atom stereocenters. The molecule has 1 aliphatic heterocycles. The summed E-state index contributed by atoms with van der Waals surface area (Å²) in [5, 5.41) is 3.88. The molecule has 7 rings (SSSR count). The largest absolute Gasteiger partial charge is 0.446 e. The Hall–Kier alpha value is -4.21. The highest BCUT2D eigenvalue weighted by Crippen LogP contribution is 2.39. The average molecular weight is 639 g/mol. The average Bonchev–Trinajstić information content (AvgIpc) is 3.53. The van der Waals surface area contributed by atoms with Gasteiger partial charge in [-0.3, -0.25) is 14.7 Å². The summed E-state index contributed by atoms with van der Waals surface area (Å²) >= 11 is 6.48. The molecule has 1 N–H and O–H groups in total. The number of benzene rings is 2. The summed E-state index contributed by atoms with van der Waals surface area (Å²) in [6.07, 6.45) is 13.7. The minimum Gasteiger partial charge on any atom is -0.446 e. The van der Waals surface area contributed by atoms with Crippen molar-refractivity contribution in [3.05, 3.63) is 112 Å². The number of anilines is 1. The molecule has 4 aromatic rings. The van der Waals surface area contributed by atoms with Crippen molar-refractivity contribution in [2.24, 2.45) is 0 Å². The number of ether oxygens (including phenoxy) is 1. The molecule has 10 heteroatoms. The lowest BCUT2D eigenvalue weighted by Crippen LogP contribution is -2.60. The zero-order chi connectivity index (χ0) is 31.5. The summed E-state index contributed by atoms with van der Waals surface area (Å²) < 4.78 is 7.96. The number of amides is 2. The van der Waals surface area contributed by atoms with Crippen LogP contribution < -0.4 is 5.32 Å². The van der Waals surface area contributed by atoms with E-state index in [1.165, 1.54) is 6.42 Å². The van der Waals surface area contributed by atoms with E-state index in [2.05, 4.69) is 27.3 Å². The van der Waals surface area contributed by atoms with Crippen molar-refractivity contribution in [1.82, 2.24) is 24.3 Å². The molecule has 1 saturated heterocycles. The second-order valence-corrected chi connectivity index (χ2v) is 13.0. The lowest BCUT2D eigenvalue weighted by atomic mass is 9.94. The summed E-state index contributed by atoms with van der Waals surface area (Å²) in [7, 11) is 0. The van der Waals surface area contributed by atoms with Crippen LogP contribution in [0, 0.1) is 0 Å². The Bertz CT molecular complexity index is 1690. The van der Waals surface area contributed by atoms with Gasteiger partial charge in [0.2, 0.25) is 5.91 Å². The highest BCUT2D eigenvalue weighted by Gasteiger charge is 2.42. The standard InChI is InChI=1S/C36H39ClN6O3/c37-28-13-14-31-27(21-28)12-11-26-7-5-15-39-33(26)34(31)43-19-18-42(36(45)46-30-9-2-1-3-10-30)23-32(43)35(44)40-29-8-4-6-25(20-29)22-41-17-16-38-24-41/h4-8,13-17,20-21,24,30,32,34H,1-3,9-12,18-19,22-23H2,(H,40,44)/t32-,34-/m1/s1. The number of piperazine rings is 1. The van der Waals surface area contributed by atoms with E-state index in [-0.39, 0.29) is 30.7 Å². The van der Waals surface area contributed by atoms with Gasteiger partial charge in [-0.2, -0.15) is 0 Å². The van der Waals surface area contributed by atoms with Crippen molar-refractivity contribution in [3.8, 4) is 0 Å². The van der Waals surface area contributed by atoms with Crippen LogP contribution in [0.5, 0.6) is 0 Å². The number of nitrogens with zero attached hydrogens (tertiary/aromatic N) is 5. The topological polar surface area (TPSA) is 92.6 Å². The molecule has 1 saturated carbocycles. The molecule has 2 aliphatic carbocycles. The highest BCUT2D eigenvalue weighted by molar-refractivity contribution is 6.30. The van der Waals surface area contributed by atoms with Crippen molar-refractivity contribution >= 4 is 29.3 Å². The molecule has 9 nitrogen and oxygen atoms in total. The Kier molecular flexibility index (Phi) is 9.03. The molecular formula is C36H39ClN6O3. The van der Waals surface area contributed by atoms with Crippen LogP contribution in [0.15, 0.2) is 79.5 Å². The van der Waals surface area contributed by atoms with E-state index in [1.54, 1.807) is 17.4 Å². The highest BCUT2D eigenvalue weighted by atomic mass is 35.5. The summed E-state index contributed by atoms with van der Waals surface area (Å²) in [6.45, 7) is 1.80. The fourth-order valence-electron chi connectivity index (χ4n) is 7.19. The number of aromatic nitrogens is 3. The van der Waals surface area contributed by atoms with Crippen molar-refractivity contribution in [2.75, 3.05) is 25.0 Å². The van der Waals surface area contributed by atoms with Crippen LogP contribution >= 0.6 is 11.6 Å². The predicted molar refractivity (Wildman–Crippen MR) is 177 cm³/mol.